The first-order valence-corrected chi connectivity index (χ1v) is 8.99. The number of nitrogens with zero attached hydrogens (tertiary/aromatic N) is 2. The van der Waals surface area contributed by atoms with E-state index in [1.807, 2.05) is 13.8 Å². The van der Waals surface area contributed by atoms with Crippen LogP contribution in [-0.4, -0.2) is 34.1 Å². The van der Waals surface area contributed by atoms with Gasteiger partial charge < -0.3 is 10.4 Å². The third-order valence-corrected chi connectivity index (χ3v) is 4.42. The number of benzene rings is 2. The molecule has 0 aliphatic rings. The maximum Gasteiger partial charge on any atom is 0.270 e. The first-order valence-electron chi connectivity index (χ1n) is 8.99. The summed E-state index contributed by atoms with van der Waals surface area (Å²) in [5.74, 6) is -1.30. The monoisotopic (exact) mass is 398 g/mol. The van der Waals surface area contributed by atoms with Crippen molar-refractivity contribution < 1.29 is 19.6 Å². The van der Waals surface area contributed by atoms with Gasteiger partial charge in [-0.05, 0) is 24.1 Å². The van der Waals surface area contributed by atoms with Crippen LogP contribution < -0.4 is 10.7 Å². The van der Waals surface area contributed by atoms with E-state index in [1.165, 1.54) is 6.07 Å². The van der Waals surface area contributed by atoms with Crippen molar-refractivity contribution >= 4 is 23.7 Å². The number of amides is 2. The van der Waals surface area contributed by atoms with Gasteiger partial charge >= 0.3 is 0 Å². The smallest absolute Gasteiger partial charge is 0.270 e. The molecule has 0 aromatic heterocycles. The Morgan fingerprint density at radius 1 is 1.24 bits per heavy atom. The molecule has 2 atom stereocenters. The Balaban J connectivity index is 2.10. The number of nitrogens with one attached hydrogen (secondary N) is 2. The lowest BCUT2D eigenvalue weighted by Gasteiger charge is -2.22. The Labute approximate surface area is 167 Å². The van der Waals surface area contributed by atoms with E-state index in [2.05, 4.69) is 15.8 Å². The fourth-order valence-electron chi connectivity index (χ4n) is 2.51. The molecule has 9 nitrogen and oxygen atoms in total. The van der Waals surface area contributed by atoms with Crippen LogP contribution in [0.1, 0.15) is 36.2 Å². The van der Waals surface area contributed by atoms with E-state index in [1.54, 1.807) is 30.3 Å². The summed E-state index contributed by atoms with van der Waals surface area (Å²) in [6.07, 6.45) is 1.75. The number of nitro benzene ring substituents is 1. The van der Waals surface area contributed by atoms with Crippen LogP contribution in [0.5, 0.6) is 5.75 Å². The van der Waals surface area contributed by atoms with Crippen LogP contribution in [0.3, 0.4) is 0 Å². The highest BCUT2D eigenvalue weighted by molar-refractivity contribution is 5.97. The standard InChI is InChI=1S/C20H22N4O5/c1-3-13(2)18(22-19(26)14-7-5-4-6-8-14)20(27)23-21-12-15-11-16(24(28)29)9-10-17(15)25/h4-13,18,25H,3H2,1-2H3,(H,22,26)(H,23,27)/b21-12+/t13-,18-/m0/s1. The molecule has 0 radical (unpaired) electrons. The highest BCUT2D eigenvalue weighted by atomic mass is 16.6. The fourth-order valence-corrected chi connectivity index (χ4v) is 2.51. The largest absolute Gasteiger partial charge is 0.507 e. The molecule has 2 amide bonds. The predicted octanol–water partition coefficient (Wildman–Crippen LogP) is 2.60. The lowest BCUT2D eigenvalue weighted by atomic mass is 9.98. The highest BCUT2D eigenvalue weighted by Gasteiger charge is 2.26. The Morgan fingerprint density at radius 3 is 2.55 bits per heavy atom. The Bertz CT molecular complexity index is 914. The summed E-state index contributed by atoms with van der Waals surface area (Å²) in [4.78, 5) is 35.2. The molecule has 2 aromatic carbocycles. The molecular formula is C20H22N4O5. The van der Waals surface area contributed by atoms with Crippen LogP contribution in [0.2, 0.25) is 0 Å². The van der Waals surface area contributed by atoms with Gasteiger partial charge in [-0.25, -0.2) is 5.43 Å². The van der Waals surface area contributed by atoms with Gasteiger partial charge in [-0.1, -0.05) is 38.5 Å². The van der Waals surface area contributed by atoms with Crippen LogP contribution >= 0.6 is 0 Å². The summed E-state index contributed by atoms with van der Waals surface area (Å²) in [6, 6.07) is 11.2. The maximum atomic E-state index is 12.6. The Morgan fingerprint density at radius 2 is 1.93 bits per heavy atom. The predicted molar refractivity (Wildman–Crippen MR) is 108 cm³/mol. The van der Waals surface area contributed by atoms with Crippen molar-refractivity contribution in [1.29, 1.82) is 0 Å². The first-order chi connectivity index (χ1) is 13.8. The fraction of sp³-hybridized carbons (Fsp3) is 0.250. The molecule has 3 N–H and O–H groups in total. The van der Waals surface area contributed by atoms with Gasteiger partial charge in [0.15, 0.2) is 0 Å². The van der Waals surface area contributed by atoms with Crippen molar-refractivity contribution in [3.63, 3.8) is 0 Å². The second kappa shape index (κ2) is 9.98. The topological polar surface area (TPSA) is 134 Å². The summed E-state index contributed by atoms with van der Waals surface area (Å²) in [6.45, 7) is 3.72. The Hall–Kier alpha value is -3.75. The van der Waals surface area contributed by atoms with E-state index >= 15 is 0 Å². The average molecular weight is 398 g/mol. The highest BCUT2D eigenvalue weighted by Crippen LogP contribution is 2.21. The van der Waals surface area contributed by atoms with Crippen LogP contribution in [0.15, 0.2) is 53.6 Å². The summed E-state index contributed by atoms with van der Waals surface area (Å²) in [7, 11) is 0. The zero-order valence-electron chi connectivity index (χ0n) is 16.0. The molecule has 0 saturated heterocycles. The molecule has 0 saturated carbocycles. The lowest BCUT2D eigenvalue weighted by molar-refractivity contribution is -0.384. The number of hydrogen-bond acceptors (Lipinski definition) is 6. The summed E-state index contributed by atoms with van der Waals surface area (Å²) in [5, 5.41) is 27.1. The van der Waals surface area contributed by atoms with Crippen LogP contribution in [0.25, 0.3) is 0 Å². The van der Waals surface area contributed by atoms with Gasteiger partial charge in [0.2, 0.25) is 0 Å². The minimum atomic E-state index is -0.830. The van der Waals surface area contributed by atoms with E-state index in [-0.39, 0.29) is 28.8 Å². The quantitative estimate of drug-likeness (QED) is 0.357. The number of hydrazone groups is 1. The molecule has 0 heterocycles. The van der Waals surface area contributed by atoms with Gasteiger partial charge in [-0.2, -0.15) is 5.10 Å². The molecule has 2 aromatic rings. The lowest BCUT2D eigenvalue weighted by Crippen LogP contribution is -2.49. The number of carbonyl (C=O) groups is 2. The first kappa shape index (κ1) is 21.5. The maximum absolute atomic E-state index is 12.6. The molecule has 0 bridgehead atoms. The zero-order chi connectivity index (χ0) is 21.4. The van der Waals surface area contributed by atoms with Crippen LogP contribution in [0.4, 0.5) is 5.69 Å². The number of phenolic OH excluding ortho intramolecular Hbond substituents is 1. The van der Waals surface area contributed by atoms with E-state index in [0.717, 1.165) is 18.3 Å². The van der Waals surface area contributed by atoms with Crippen LogP contribution in [0, 0.1) is 16.0 Å². The number of hydrogen-bond donors (Lipinski definition) is 3. The summed E-state index contributed by atoms with van der Waals surface area (Å²) in [5.41, 5.74) is 2.60. The number of non-ortho nitro benzene ring substituents is 1. The molecule has 0 spiro atoms. The number of nitro groups is 1. The minimum Gasteiger partial charge on any atom is -0.507 e. The molecule has 0 aliphatic carbocycles. The second-order valence-corrected chi connectivity index (χ2v) is 6.44. The van der Waals surface area contributed by atoms with Crippen molar-refractivity contribution in [2.45, 2.75) is 26.3 Å². The van der Waals surface area contributed by atoms with Crippen molar-refractivity contribution in [3.8, 4) is 5.75 Å². The number of aromatic hydroxyl groups is 1. The SMILES string of the molecule is CC[C@H](C)[C@H](NC(=O)c1ccccc1)C(=O)N/N=C/c1cc([N+](=O)[O-])ccc1O. The number of rotatable bonds is 8. The molecular weight excluding hydrogens is 376 g/mol. The van der Waals surface area contributed by atoms with Crippen molar-refractivity contribution in [2.75, 3.05) is 0 Å². The molecule has 0 unspecified atom stereocenters. The van der Waals surface area contributed by atoms with Crippen LogP contribution in [-0.2, 0) is 4.79 Å². The van der Waals surface area contributed by atoms with Crippen molar-refractivity contribution in [2.24, 2.45) is 11.0 Å². The molecule has 0 fully saturated rings. The minimum absolute atomic E-state index is 0.0768. The second-order valence-electron chi connectivity index (χ2n) is 6.44. The number of carbonyl (C=O) groups excluding carboxylic acids is 2. The van der Waals surface area contributed by atoms with E-state index in [0.29, 0.717) is 12.0 Å². The van der Waals surface area contributed by atoms with E-state index < -0.39 is 16.9 Å². The molecule has 0 aliphatic heterocycles. The van der Waals surface area contributed by atoms with Gasteiger partial charge in [-0.15, -0.1) is 0 Å². The van der Waals surface area contributed by atoms with Gasteiger partial charge in [0.05, 0.1) is 11.1 Å². The zero-order valence-corrected chi connectivity index (χ0v) is 16.0. The summed E-state index contributed by atoms with van der Waals surface area (Å²) < 4.78 is 0. The third-order valence-electron chi connectivity index (χ3n) is 4.42. The normalized spacial score (nSPS) is 12.9. The molecule has 29 heavy (non-hydrogen) atoms. The molecule has 9 heteroatoms. The average Bonchev–Trinajstić information content (AvgIpc) is 2.72. The third kappa shape index (κ3) is 5.86. The molecule has 152 valence electrons. The van der Waals surface area contributed by atoms with Gasteiger partial charge in [-0.3, -0.25) is 19.7 Å². The summed E-state index contributed by atoms with van der Waals surface area (Å²) >= 11 is 0. The van der Waals surface area contributed by atoms with E-state index in [4.69, 9.17) is 0 Å². The van der Waals surface area contributed by atoms with Crippen molar-refractivity contribution in [3.05, 3.63) is 69.8 Å². The molecule has 2 rings (SSSR count). The van der Waals surface area contributed by atoms with Crippen molar-refractivity contribution in [1.82, 2.24) is 10.7 Å². The van der Waals surface area contributed by atoms with Gasteiger partial charge in [0, 0.05) is 23.3 Å². The van der Waals surface area contributed by atoms with E-state index in [9.17, 15) is 24.8 Å². The van der Waals surface area contributed by atoms with Gasteiger partial charge in [0.1, 0.15) is 11.8 Å². The Kier molecular flexibility index (Phi) is 7.41. The number of phenols is 1. The van der Waals surface area contributed by atoms with Gasteiger partial charge in [0.25, 0.3) is 17.5 Å².